The van der Waals surface area contributed by atoms with Crippen LogP contribution < -0.4 is 0 Å². The van der Waals surface area contributed by atoms with Crippen molar-refractivity contribution in [3.8, 4) is 0 Å². The lowest BCUT2D eigenvalue weighted by molar-refractivity contribution is -0.126. The molecule has 1 atom stereocenters. The molecule has 0 bridgehead atoms. The first-order chi connectivity index (χ1) is 7.84. The summed E-state index contributed by atoms with van der Waals surface area (Å²) in [4.78, 5) is 47.2. The average Bonchev–Trinajstić information content (AvgIpc) is 2.52. The Hall–Kier alpha value is -1.37. The van der Waals surface area contributed by atoms with Crippen LogP contribution in [0.1, 0.15) is 20.8 Å². The van der Waals surface area contributed by atoms with E-state index in [1.54, 1.807) is 0 Å². The molecular formula is C10H14N2O4S. The molecule has 1 aliphatic heterocycles. The Morgan fingerprint density at radius 1 is 1.24 bits per heavy atom. The monoisotopic (exact) mass is 258 g/mol. The van der Waals surface area contributed by atoms with Gasteiger partial charge >= 0.3 is 6.03 Å². The normalized spacial score (nSPS) is 19.7. The molecule has 0 radical (unpaired) electrons. The summed E-state index contributed by atoms with van der Waals surface area (Å²) in [6.07, 6.45) is 0. The average molecular weight is 258 g/mol. The molecule has 1 saturated heterocycles. The minimum absolute atomic E-state index is 0.0813. The molecule has 0 aromatic heterocycles. The van der Waals surface area contributed by atoms with Crippen molar-refractivity contribution in [3.05, 3.63) is 0 Å². The number of hydrogen-bond acceptors (Lipinski definition) is 5. The van der Waals surface area contributed by atoms with Crippen LogP contribution in [0.2, 0.25) is 0 Å². The van der Waals surface area contributed by atoms with E-state index in [0.717, 1.165) is 21.6 Å². The van der Waals surface area contributed by atoms with E-state index in [4.69, 9.17) is 0 Å². The molecule has 0 spiro atoms. The van der Waals surface area contributed by atoms with Gasteiger partial charge < -0.3 is 0 Å². The molecular weight excluding hydrogens is 244 g/mol. The molecule has 7 heteroatoms. The molecule has 1 heterocycles. The number of imide groups is 2. The number of hydrogen-bond donors (Lipinski definition) is 0. The Balaban J connectivity index is 2.81. The van der Waals surface area contributed by atoms with Gasteiger partial charge in [0.2, 0.25) is 11.8 Å². The van der Waals surface area contributed by atoms with Gasteiger partial charge in [-0.1, -0.05) is 11.8 Å². The predicted molar refractivity (Wildman–Crippen MR) is 62.2 cm³/mol. The van der Waals surface area contributed by atoms with Crippen molar-refractivity contribution >= 4 is 34.7 Å². The summed E-state index contributed by atoms with van der Waals surface area (Å²) in [6, 6.07) is -1.02. The number of urea groups is 1. The van der Waals surface area contributed by atoms with Gasteiger partial charge in [0, 0.05) is 26.5 Å². The van der Waals surface area contributed by atoms with Crippen LogP contribution in [0.15, 0.2) is 0 Å². The van der Waals surface area contributed by atoms with Crippen molar-refractivity contribution < 1.29 is 19.2 Å². The maximum atomic E-state index is 11.8. The fourth-order valence-electron chi connectivity index (χ4n) is 1.65. The van der Waals surface area contributed by atoms with Crippen molar-refractivity contribution in [2.24, 2.45) is 0 Å². The van der Waals surface area contributed by atoms with Crippen LogP contribution in [-0.4, -0.2) is 51.1 Å². The van der Waals surface area contributed by atoms with Gasteiger partial charge in [0.05, 0.1) is 12.6 Å². The van der Waals surface area contributed by atoms with Crippen LogP contribution in [-0.2, 0) is 14.4 Å². The van der Waals surface area contributed by atoms with Gasteiger partial charge in [-0.3, -0.25) is 24.2 Å². The first kappa shape index (κ1) is 13.7. The fraction of sp³-hybridized carbons (Fsp3) is 0.600. The first-order valence-corrected chi connectivity index (χ1v) is 6.08. The summed E-state index contributed by atoms with van der Waals surface area (Å²) in [7, 11) is 0. The summed E-state index contributed by atoms with van der Waals surface area (Å²) in [5.74, 6) is -0.478. The molecule has 0 aromatic carbocycles. The quantitative estimate of drug-likeness (QED) is 0.719. The summed E-state index contributed by atoms with van der Waals surface area (Å²) < 4.78 is 0. The van der Waals surface area contributed by atoms with Crippen LogP contribution >= 0.6 is 11.8 Å². The first-order valence-electron chi connectivity index (χ1n) is 5.09. The molecule has 1 unspecified atom stereocenters. The van der Waals surface area contributed by atoms with Crippen molar-refractivity contribution in [1.82, 2.24) is 9.80 Å². The lowest BCUT2D eigenvalue weighted by Gasteiger charge is -2.18. The van der Waals surface area contributed by atoms with E-state index in [0.29, 0.717) is 5.75 Å². The highest BCUT2D eigenvalue weighted by atomic mass is 32.2. The third kappa shape index (κ3) is 3.06. The van der Waals surface area contributed by atoms with E-state index < -0.39 is 23.9 Å². The summed E-state index contributed by atoms with van der Waals surface area (Å²) in [5.41, 5.74) is 0. The molecule has 1 fully saturated rings. The smallest absolute Gasteiger partial charge is 0.288 e. The standard InChI is InChI=1S/C10H14N2O4S/c1-6(13)11-4-9(5-17-8(3)15)12(7(2)14)10(11)16/h9H,4-5H2,1-3H3. The highest BCUT2D eigenvalue weighted by Gasteiger charge is 2.41. The van der Waals surface area contributed by atoms with Gasteiger partial charge in [-0.05, 0) is 0 Å². The topological polar surface area (TPSA) is 74.8 Å². The van der Waals surface area contributed by atoms with Gasteiger partial charge in [0.15, 0.2) is 5.12 Å². The van der Waals surface area contributed by atoms with E-state index in [1.807, 2.05) is 0 Å². The molecule has 94 valence electrons. The second kappa shape index (κ2) is 5.31. The van der Waals surface area contributed by atoms with Crippen molar-refractivity contribution in [2.45, 2.75) is 26.8 Å². The molecule has 1 rings (SSSR count). The van der Waals surface area contributed by atoms with Gasteiger partial charge in [-0.25, -0.2) is 4.79 Å². The number of rotatable bonds is 2. The SMILES string of the molecule is CC(=O)SCC1CN(C(C)=O)C(=O)N1C(C)=O. The molecule has 6 nitrogen and oxygen atoms in total. The van der Waals surface area contributed by atoms with Crippen LogP contribution in [0.3, 0.4) is 0 Å². The minimum atomic E-state index is -0.598. The number of carbonyl (C=O) groups excluding carboxylic acids is 4. The largest absolute Gasteiger partial charge is 0.333 e. The zero-order valence-corrected chi connectivity index (χ0v) is 10.7. The van der Waals surface area contributed by atoms with Crippen molar-refractivity contribution in [1.29, 1.82) is 0 Å². The summed E-state index contributed by atoms with van der Waals surface area (Å²) in [5, 5.41) is -0.0813. The van der Waals surface area contributed by atoms with Crippen LogP contribution in [0.4, 0.5) is 4.79 Å². The maximum absolute atomic E-state index is 11.8. The Labute approximate surface area is 103 Å². The molecule has 0 aromatic rings. The van der Waals surface area contributed by atoms with Crippen LogP contribution in [0, 0.1) is 0 Å². The molecule has 0 saturated carbocycles. The van der Waals surface area contributed by atoms with E-state index >= 15 is 0 Å². The lowest BCUT2D eigenvalue weighted by Crippen LogP contribution is -2.40. The Bertz CT molecular complexity index is 383. The molecule has 1 aliphatic rings. The lowest BCUT2D eigenvalue weighted by atomic mass is 10.3. The Morgan fingerprint density at radius 2 is 1.82 bits per heavy atom. The van der Waals surface area contributed by atoms with Crippen LogP contribution in [0.25, 0.3) is 0 Å². The second-order valence-electron chi connectivity index (χ2n) is 3.76. The number of thioether (sulfide) groups is 1. The van der Waals surface area contributed by atoms with Crippen molar-refractivity contribution in [2.75, 3.05) is 12.3 Å². The fourth-order valence-corrected chi connectivity index (χ4v) is 2.33. The molecule has 0 aliphatic carbocycles. The van der Waals surface area contributed by atoms with Gasteiger partial charge in [-0.15, -0.1) is 0 Å². The highest BCUT2D eigenvalue weighted by Crippen LogP contribution is 2.20. The zero-order valence-electron chi connectivity index (χ0n) is 9.93. The van der Waals surface area contributed by atoms with E-state index in [-0.39, 0.29) is 11.7 Å². The number of nitrogens with zero attached hydrogens (tertiary/aromatic N) is 2. The maximum Gasteiger partial charge on any atom is 0.333 e. The zero-order chi connectivity index (χ0) is 13.2. The number of amides is 4. The van der Waals surface area contributed by atoms with Crippen molar-refractivity contribution in [3.63, 3.8) is 0 Å². The third-order valence-electron chi connectivity index (χ3n) is 2.39. The van der Waals surface area contributed by atoms with E-state index in [2.05, 4.69) is 0 Å². The van der Waals surface area contributed by atoms with Crippen LogP contribution in [0.5, 0.6) is 0 Å². The van der Waals surface area contributed by atoms with Gasteiger partial charge in [0.25, 0.3) is 0 Å². The van der Waals surface area contributed by atoms with Gasteiger partial charge in [0.1, 0.15) is 0 Å². The highest BCUT2D eigenvalue weighted by molar-refractivity contribution is 8.13. The summed E-state index contributed by atoms with van der Waals surface area (Å²) >= 11 is 1.04. The van der Waals surface area contributed by atoms with Gasteiger partial charge in [-0.2, -0.15) is 0 Å². The molecule has 4 amide bonds. The Morgan fingerprint density at radius 3 is 2.24 bits per heavy atom. The molecule has 0 N–H and O–H groups in total. The second-order valence-corrected chi connectivity index (χ2v) is 4.95. The summed E-state index contributed by atoms with van der Waals surface area (Å²) in [6.45, 7) is 4.12. The number of carbonyl (C=O) groups is 4. The molecule has 17 heavy (non-hydrogen) atoms. The Kier molecular flexibility index (Phi) is 4.28. The van der Waals surface area contributed by atoms with E-state index in [9.17, 15) is 19.2 Å². The third-order valence-corrected chi connectivity index (χ3v) is 3.35. The minimum Gasteiger partial charge on any atom is -0.288 e. The predicted octanol–water partition coefficient (Wildman–Crippen LogP) is 0.465. The van der Waals surface area contributed by atoms with E-state index in [1.165, 1.54) is 20.8 Å².